The summed E-state index contributed by atoms with van der Waals surface area (Å²) in [4.78, 5) is 11.8. The molecular weight excluding hydrogens is 318 g/mol. The van der Waals surface area contributed by atoms with Gasteiger partial charge < -0.3 is 9.84 Å². The molecule has 0 saturated heterocycles. The average molecular weight is 337 g/mol. The number of fused-ring (bicyclic) bond motifs is 1. The molecule has 0 aliphatic carbocycles. The molecule has 124 valence electrons. The lowest BCUT2D eigenvalue weighted by atomic mass is 10.1. The average Bonchev–Trinajstić information content (AvgIpc) is 2.90. The van der Waals surface area contributed by atoms with Crippen LogP contribution in [0.25, 0.3) is 0 Å². The number of nitrogens with one attached hydrogen (secondary N) is 2. The van der Waals surface area contributed by atoms with Gasteiger partial charge in [0.05, 0.1) is 19.3 Å². The fraction of sp³-hybridized carbons (Fsp3) is 0.400. The Labute approximate surface area is 134 Å². The lowest BCUT2D eigenvalue weighted by molar-refractivity contribution is 0.374. The van der Waals surface area contributed by atoms with E-state index in [1.807, 2.05) is 13.8 Å². The second kappa shape index (κ2) is 5.54. The number of aromatic nitrogens is 2. The molecule has 0 fully saturated rings. The van der Waals surface area contributed by atoms with Crippen LogP contribution in [0.5, 0.6) is 5.75 Å². The van der Waals surface area contributed by atoms with Crippen LogP contribution in [-0.2, 0) is 23.0 Å². The van der Waals surface area contributed by atoms with Gasteiger partial charge in [-0.1, -0.05) is 0 Å². The van der Waals surface area contributed by atoms with Crippen molar-refractivity contribution in [2.75, 3.05) is 13.7 Å². The number of H-pyrrole nitrogens is 2. The monoisotopic (exact) mass is 337 g/mol. The molecule has 3 rings (SSSR count). The van der Waals surface area contributed by atoms with Gasteiger partial charge in [0.2, 0.25) is 10.0 Å². The Hall–Kier alpha value is -2.06. The first kappa shape index (κ1) is 15.8. The van der Waals surface area contributed by atoms with Gasteiger partial charge in [0.25, 0.3) is 5.56 Å². The largest absolute Gasteiger partial charge is 0.495 e. The molecule has 1 aliphatic rings. The number of hydrogen-bond acceptors (Lipinski definition) is 4. The molecule has 2 heterocycles. The minimum atomic E-state index is -3.71. The molecule has 0 atom stereocenters. The van der Waals surface area contributed by atoms with E-state index in [4.69, 9.17) is 4.74 Å². The lowest BCUT2D eigenvalue weighted by Crippen LogP contribution is -2.37. The lowest BCUT2D eigenvalue weighted by Gasteiger charge is -2.26. The fourth-order valence-corrected chi connectivity index (χ4v) is 4.41. The van der Waals surface area contributed by atoms with E-state index in [-0.39, 0.29) is 23.5 Å². The maximum Gasteiger partial charge on any atom is 0.267 e. The van der Waals surface area contributed by atoms with Crippen molar-refractivity contribution in [2.45, 2.75) is 31.7 Å². The molecule has 0 unspecified atom stereocenters. The quantitative estimate of drug-likeness (QED) is 0.876. The van der Waals surface area contributed by atoms with Crippen LogP contribution in [0.4, 0.5) is 0 Å². The summed E-state index contributed by atoms with van der Waals surface area (Å²) in [6, 6.07) is 3.37. The summed E-state index contributed by atoms with van der Waals surface area (Å²) in [5.74, 6) is 0.335. The Kier molecular flexibility index (Phi) is 3.81. The number of benzene rings is 1. The van der Waals surface area contributed by atoms with E-state index in [1.165, 1.54) is 11.4 Å². The summed E-state index contributed by atoms with van der Waals surface area (Å²) in [6.45, 7) is 4.19. The van der Waals surface area contributed by atoms with Gasteiger partial charge in [0, 0.05) is 12.1 Å². The number of nitrogens with zero attached hydrogens (tertiary/aromatic N) is 1. The highest BCUT2D eigenvalue weighted by Crippen LogP contribution is 2.31. The Morgan fingerprint density at radius 3 is 2.57 bits per heavy atom. The van der Waals surface area contributed by atoms with Crippen molar-refractivity contribution in [1.29, 1.82) is 0 Å². The van der Waals surface area contributed by atoms with E-state index in [0.29, 0.717) is 23.4 Å². The van der Waals surface area contributed by atoms with Crippen molar-refractivity contribution >= 4 is 10.0 Å². The zero-order valence-electron chi connectivity index (χ0n) is 13.3. The first-order chi connectivity index (χ1) is 10.8. The van der Waals surface area contributed by atoms with Gasteiger partial charge in [-0.3, -0.25) is 9.89 Å². The van der Waals surface area contributed by atoms with E-state index in [9.17, 15) is 13.2 Å². The first-order valence-electron chi connectivity index (χ1n) is 7.28. The number of methoxy groups -OCH3 is 1. The molecule has 7 nitrogen and oxygen atoms in total. The molecule has 2 N–H and O–H groups in total. The summed E-state index contributed by atoms with van der Waals surface area (Å²) in [6.07, 6.45) is 0.389. The fourth-order valence-electron chi connectivity index (χ4n) is 2.78. The highest BCUT2D eigenvalue weighted by atomic mass is 32.2. The molecular formula is C15H19N3O4S. The molecule has 8 heteroatoms. The van der Waals surface area contributed by atoms with E-state index in [1.54, 1.807) is 12.1 Å². The standard InChI is InChI=1S/C15H19N3O4S/c1-9-6-13(22-3)14(7-10(9)2)23(20,21)18-5-4-11-12(8-18)16-17-15(11)19/h6-7H,4-5,8H2,1-3H3,(H2,16,17,19). The number of ether oxygens (including phenoxy) is 1. The number of hydrogen-bond donors (Lipinski definition) is 2. The van der Waals surface area contributed by atoms with Gasteiger partial charge in [0.1, 0.15) is 10.6 Å². The third-order valence-corrected chi connectivity index (χ3v) is 6.18. The second-order valence-electron chi connectivity index (χ2n) is 5.71. The van der Waals surface area contributed by atoms with Gasteiger partial charge in [-0.15, -0.1) is 0 Å². The number of aryl methyl sites for hydroxylation is 2. The van der Waals surface area contributed by atoms with Gasteiger partial charge in [0.15, 0.2) is 0 Å². The predicted octanol–water partition coefficient (Wildman–Crippen LogP) is 1.08. The number of sulfonamides is 1. The summed E-state index contributed by atoms with van der Waals surface area (Å²) in [7, 11) is -2.25. The first-order valence-corrected chi connectivity index (χ1v) is 8.72. The van der Waals surface area contributed by atoms with Crippen LogP contribution in [0, 0.1) is 13.8 Å². The maximum atomic E-state index is 13.0. The zero-order chi connectivity index (χ0) is 16.8. The van der Waals surface area contributed by atoms with E-state index in [2.05, 4.69) is 10.2 Å². The Morgan fingerprint density at radius 2 is 1.87 bits per heavy atom. The van der Waals surface area contributed by atoms with Crippen LogP contribution in [0.3, 0.4) is 0 Å². The van der Waals surface area contributed by atoms with Crippen LogP contribution in [0.2, 0.25) is 0 Å². The summed E-state index contributed by atoms with van der Waals surface area (Å²) in [5.41, 5.74) is 2.92. The molecule has 2 aromatic rings. The third kappa shape index (κ3) is 2.57. The van der Waals surface area contributed by atoms with Gasteiger partial charge in [-0.05, 0) is 43.5 Å². The van der Waals surface area contributed by atoms with Crippen molar-refractivity contribution < 1.29 is 13.2 Å². The molecule has 0 radical (unpaired) electrons. The summed E-state index contributed by atoms with van der Waals surface area (Å²) in [5, 5.41) is 5.26. The molecule has 0 spiro atoms. The molecule has 1 aliphatic heterocycles. The topological polar surface area (TPSA) is 95.3 Å². The van der Waals surface area contributed by atoms with Crippen molar-refractivity contribution in [2.24, 2.45) is 0 Å². The summed E-state index contributed by atoms with van der Waals surface area (Å²) >= 11 is 0. The Bertz CT molecular complexity index is 911. The van der Waals surface area contributed by atoms with E-state index < -0.39 is 10.0 Å². The van der Waals surface area contributed by atoms with Crippen LogP contribution < -0.4 is 10.3 Å². The van der Waals surface area contributed by atoms with Crippen LogP contribution in [-0.4, -0.2) is 36.6 Å². The Morgan fingerprint density at radius 1 is 1.17 bits per heavy atom. The van der Waals surface area contributed by atoms with Gasteiger partial charge >= 0.3 is 0 Å². The zero-order valence-corrected chi connectivity index (χ0v) is 14.1. The van der Waals surface area contributed by atoms with Crippen molar-refractivity contribution in [3.05, 3.63) is 44.9 Å². The van der Waals surface area contributed by atoms with Crippen LogP contribution in [0.15, 0.2) is 21.8 Å². The predicted molar refractivity (Wildman–Crippen MR) is 85.2 cm³/mol. The van der Waals surface area contributed by atoms with Crippen LogP contribution >= 0.6 is 0 Å². The normalized spacial score (nSPS) is 15.4. The third-order valence-electron chi connectivity index (χ3n) is 4.31. The highest BCUT2D eigenvalue weighted by molar-refractivity contribution is 7.89. The van der Waals surface area contributed by atoms with Crippen molar-refractivity contribution in [3.8, 4) is 5.75 Å². The highest BCUT2D eigenvalue weighted by Gasteiger charge is 2.32. The number of aromatic amines is 2. The Balaban J connectivity index is 2.03. The number of rotatable bonds is 3. The van der Waals surface area contributed by atoms with E-state index in [0.717, 1.165) is 11.1 Å². The SMILES string of the molecule is COc1cc(C)c(C)cc1S(=O)(=O)N1CCc2c([nH][nH]c2=O)C1. The molecule has 23 heavy (non-hydrogen) atoms. The van der Waals surface area contributed by atoms with Crippen LogP contribution in [0.1, 0.15) is 22.4 Å². The summed E-state index contributed by atoms with van der Waals surface area (Å²) < 4.78 is 32.6. The smallest absolute Gasteiger partial charge is 0.267 e. The maximum absolute atomic E-state index is 13.0. The minimum absolute atomic E-state index is 0.145. The van der Waals surface area contributed by atoms with Gasteiger partial charge in [-0.2, -0.15) is 4.31 Å². The van der Waals surface area contributed by atoms with Crippen molar-refractivity contribution in [1.82, 2.24) is 14.5 Å². The molecule has 0 amide bonds. The molecule has 1 aromatic carbocycles. The minimum Gasteiger partial charge on any atom is -0.495 e. The van der Waals surface area contributed by atoms with Crippen molar-refractivity contribution in [3.63, 3.8) is 0 Å². The second-order valence-corrected chi connectivity index (χ2v) is 7.62. The molecule has 0 saturated carbocycles. The molecule has 0 bridgehead atoms. The van der Waals surface area contributed by atoms with E-state index >= 15 is 0 Å². The molecule has 1 aromatic heterocycles. The van der Waals surface area contributed by atoms with Gasteiger partial charge in [-0.25, -0.2) is 8.42 Å².